The first-order chi connectivity index (χ1) is 7.86. The van der Waals surface area contributed by atoms with Gasteiger partial charge < -0.3 is 5.73 Å². The van der Waals surface area contributed by atoms with Gasteiger partial charge >= 0.3 is 0 Å². The highest BCUT2D eigenvalue weighted by Crippen LogP contribution is 2.27. The fraction of sp³-hybridized carbons (Fsp3) is 0.250. The van der Waals surface area contributed by atoms with Crippen LogP contribution in [0.15, 0.2) is 30.5 Å². The molecule has 1 aromatic heterocycles. The largest absolute Gasteiger partial charge is 0.397 e. The van der Waals surface area contributed by atoms with Crippen molar-refractivity contribution in [1.82, 2.24) is 9.78 Å². The van der Waals surface area contributed by atoms with E-state index in [1.54, 1.807) is 0 Å². The number of fused-ring (bicyclic) bond motifs is 1. The highest BCUT2D eigenvalue weighted by Gasteiger charge is 2.16. The van der Waals surface area contributed by atoms with Gasteiger partial charge in [0.05, 0.1) is 23.3 Å². The average molecular weight is 231 g/mol. The van der Waals surface area contributed by atoms with Crippen LogP contribution in [0.1, 0.15) is 11.3 Å². The van der Waals surface area contributed by atoms with Gasteiger partial charge in [-0.1, -0.05) is 12.1 Å². The molecule has 3 nitrogen and oxygen atoms in total. The molecule has 0 aliphatic carbocycles. The Kier molecular flexibility index (Phi) is 2.36. The van der Waals surface area contributed by atoms with E-state index in [0.717, 1.165) is 23.5 Å². The van der Waals surface area contributed by atoms with Crippen LogP contribution in [0.25, 0.3) is 5.69 Å². The van der Waals surface area contributed by atoms with E-state index in [9.17, 15) is 0 Å². The van der Waals surface area contributed by atoms with E-state index >= 15 is 0 Å². The monoisotopic (exact) mass is 231 g/mol. The van der Waals surface area contributed by atoms with Crippen LogP contribution in [0.3, 0.4) is 0 Å². The summed E-state index contributed by atoms with van der Waals surface area (Å²) in [4.78, 5) is 0. The Morgan fingerprint density at radius 3 is 3.06 bits per heavy atom. The molecule has 1 aromatic carbocycles. The van der Waals surface area contributed by atoms with Crippen molar-refractivity contribution in [2.75, 3.05) is 11.5 Å². The lowest BCUT2D eigenvalue weighted by Gasteiger charge is -2.14. The molecule has 0 saturated heterocycles. The van der Waals surface area contributed by atoms with Crippen LogP contribution in [-0.2, 0) is 12.2 Å². The van der Waals surface area contributed by atoms with E-state index in [0.29, 0.717) is 0 Å². The second kappa shape index (κ2) is 3.87. The number of nitrogens with two attached hydrogens (primary N) is 1. The third-order valence-corrected chi connectivity index (χ3v) is 3.85. The molecule has 4 heteroatoms. The fourth-order valence-electron chi connectivity index (χ4n) is 2.01. The van der Waals surface area contributed by atoms with Crippen LogP contribution in [0.2, 0.25) is 0 Å². The predicted octanol–water partition coefficient (Wildman–Crippen LogP) is 2.24. The molecular weight excluding hydrogens is 218 g/mol. The van der Waals surface area contributed by atoms with E-state index in [1.165, 1.54) is 17.0 Å². The molecule has 3 rings (SSSR count). The van der Waals surface area contributed by atoms with Crippen LogP contribution in [0.5, 0.6) is 0 Å². The molecule has 0 unspecified atom stereocenters. The minimum Gasteiger partial charge on any atom is -0.397 e. The van der Waals surface area contributed by atoms with E-state index in [1.807, 2.05) is 46.9 Å². The van der Waals surface area contributed by atoms with Crippen LogP contribution >= 0.6 is 11.8 Å². The fourth-order valence-corrected chi connectivity index (χ4v) is 3.02. The zero-order valence-corrected chi connectivity index (χ0v) is 9.70. The smallest absolute Gasteiger partial charge is 0.0878 e. The summed E-state index contributed by atoms with van der Waals surface area (Å²) in [6, 6.07) is 7.88. The van der Waals surface area contributed by atoms with Gasteiger partial charge in [0.25, 0.3) is 0 Å². The lowest BCUT2D eigenvalue weighted by Crippen LogP contribution is -2.08. The molecule has 2 N–H and O–H groups in total. The Balaban J connectivity index is 2.13. The van der Waals surface area contributed by atoms with Gasteiger partial charge in [-0.25, -0.2) is 4.68 Å². The van der Waals surface area contributed by atoms with Gasteiger partial charge in [0.2, 0.25) is 0 Å². The van der Waals surface area contributed by atoms with Gasteiger partial charge in [0.15, 0.2) is 0 Å². The average Bonchev–Trinajstić information content (AvgIpc) is 2.74. The van der Waals surface area contributed by atoms with Crippen molar-refractivity contribution in [1.29, 1.82) is 0 Å². The van der Waals surface area contributed by atoms with Crippen LogP contribution in [0, 0.1) is 0 Å². The molecule has 0 saturated carbocycles. The van der Waals surface area contributed by atoms with Crippen molar-refractivity contribution in [2.24, 2.45) is 0 Å². The lowest BCUT2D eigenvalue weighted by molar-refractivity contribution is 0.837. The highest BCUT2D eigenvalue weighted by molar-refractivity contribution is 7.98. The number of thioether (sulfide) groups is 1. The van der Waals surface area contributed by atoms with Crippen molar-refractivity contribution < 1.29 is 0 Å². The van der Waals surface area contributed by atoms with Gasteiger partial charge in [-0.15, -0.1) is 0 Å². The Bertz CT molecular complexity index is 519. The molecular formula is C12H13N3S. The maximum Gasteiger partial charge on any atom is 0.0878 e. The molecule has 0 spiro atoms. The minimum atomic E-state index is 0.781. The predicted molar refractivity (Wildman–Crippen MR) is 67.8 cm³/mol. The molecule has 0 fully saturated rings. The Morgan fingerprint density at radius 2 is 2.19 bits per heavy atom. The first-order valence-corrected chi connectivity index (χ1v) is 6.50. The maximum atomic E-state index is 5.98. The number of nitrogens with zero attached hydrogens (tertiary/aromatic N) is 2. The summed E-state index contributed by atoms with van der Waals surface area (Å²) in [5.41, 5.74) is 10.4. The summed E-state index contributed by atoms with van der Waals surface area (Å²) in [6.45, 7) is 0. The SMILES string of the molecule is Nc1ccccc1-n1ncc2c1CSCC2. The molecule has 1 aliphatic heterocycles. The number of rotatable bonds is 1. The molecule has 2 aromatic rings. The molecule has 16 heavy (non-hydrogen) atoms. The first kappa shape index (κ1) is 9.78. The van der Waals surface area contributed by atoms with E-state index < -0.39 is 0 Å². The zero-order valence-electron chi connectivity index (χ0n) is 8.89. The van der Waals surface area contributed by atoms with E-state index in [4.69, 9.17) is 5.73 Å². The molecule has 1 aliphatic rings. The van der Waals surface area contributed by atoms with Gasteiger partial charge in [0, 0.05) is 5.75 Å². The van der Waals surface area contributed by atoms with Crippen LogP contribution in [0.4, 0.5) is 5.69 Å². The normalized spacial score (nSPS) is 14.8. The minimum absolute atomic E-state index is 0.781. The van der Waals surface area contributed by atoms with Crippen molar-refractivity contribution >= 4 is 17.4 Å². The third kappa shape index (κ3) is 1.50. The van der Waals surface area contributed by atoms with Crippen molar-refractivity contribution in [3.63, 3.8) is 0 Å². The number of aromatic nitrogens is 2. The molecule has 0 radical (unpaired) electrons. The summed E-state index contributed by atoms with van der Waals surface area (Å²) in [7, 11) is 0. The second-order valence-corrected chi connectivity index (χ2v) is 4.99. The first-order valence-electron chi connectivity index (χ1n) is 5.34. The quantitative estimate of drug-likeness (QED) is 0.765. The Hall–Kier alpha value is -1.42. The summed E-state index contributed by atoms with van der Waals surface area (Å²) in [5, 5.41) is 4.45. The number of benzene rings is 1. The standard InChI is InChI=1S/C12H13N3S/c13-10-3-1-2-4-11(10)15-12-8-16-6-5-9(12)7-14-15/h1-4,7H,5-6,8,13H2. The van der Waals surface area contributed by atoms with Crippen LogP contribution in [-0.4, -0.2) is 15.5 Å². The van der Waals surface area contributed by atoms with Gasteiger partial charge in [-0.3, -0.25) is 0 Å². The number of hydrogen-bond donors (Lipinski definition) is 1. The number of para-hydroxylation sites is 2. The summed E-state index contributed by atoms with van der Waals surface area (Å²) >= 11 is 1.96. The third-order valence-electron chi connectivity index (χ3n) is 2.87. The van der Waals surface area contributed by atoms with Crippen molar-refractivity contribution in [3.8, 4) is 5.69 Å². The molecule has 0 amide bonds. The maximum absolute atomic E-state index is 5.98. The number of hydrogen-bond acceptors (Lipinski definition) is 3. The molecule has 82 valence electrons. The zero-order chi connectivity index (χ0) is 11.0. The number of aryl methyl sites for hydroxylation is 1. The topological polar surface area (TPSA) is 43.8 Å². The van der Waals surface area contributed by atoms with E-state index in [-0.39, 0.29) is 0 Å². The van der Waals surface area contributed by atoms with Crippen molar-refractivity contribution in [2.45, 2.75) is 12.2 Å². The van der Waals surface area contributed by atoms with Gasteiger partial charge in [-0.05, 0) is 29.9 Å². The van der Waals surface area contributed by atoms with Gasteiger partial charge in [-0.2, -0.15) is 16.9 Å². The van der Waals surface area contributed by atoms with Crippen LogP contribution < -0.4 is 5.73 Å². The van der Waals surface area contributed by atoms with Gasteiger partial charge in [0.1, 0.15) is 0 Å². The second-order valence-electron chi connectivity index (χ2n) is 3.89. The molecule has 0 atom stereocenters. The molecule has 2 heterocycles. The number of nitrogen functional groups attached to an aromatic ring is 1. The number of anilines is 1. The summed E-state index contributed by atoms with van der Waals surface area (Å²) in [6.07, 6.45) is 3.09. The Labute approximate surface area is 98.6 Å². The highest BCUT2D eigenvalue weighted by atomic mass is 32.2. The summed E-state index contributed by atoms with van der Waals surface area (Å²) < 4.78 is 1.98. The Morgan fingerprint density at radius 1 is 1.31 bits per heavy atom. The summed E-state index contributed by atoms with van der Waals surface area (Å²) in [5.74, 6) is 2.23. The molecule has 0 bridgehead atoms. The van der Waals surface area contributed by atoms with E-state index in [2.05, 4.69) is 5.10 Å². The lowest BCUT2D eigenvalue weighted by atomic mass is 10.2. The van der Waals surface area contributed by atoms with Crippen molar-refractivity contribution in [3.05, 3.63) is 41.7 Å².